The van der Waals surface area contributed by atoms with Crippen LogP contribution in [-0.4, -0.2) is 60.8 Å². The monoisotopic (exact) mass is 465 g/mol. The van der Waals surface area contributed by atoms with Crippen molar-refractivity contribution in [3.63, 3.8) is 0 Å². The number of rotatable bonds is 8. The van der Waals surface area contributed by atoms with Crippen molar-refractivity contribution in [2.75, 3.05) is 20.2 Å². The van der Waals surface area contributed by atoms with Gasteiger partial charge >= 0.3 is 5.97 Å². The molecule has 3 rings (SSSR count). The van der Waals surface area contributed by atoms with E-state index in [2.05, 4.69) is 5.32 Å². The number of nitrogens with zero attached hydrogens (tertiary/aromatic N) is 1. The number of ether oxygens (including phenoxy) is 2. The minimum absolute atomic E-state index is 0.0711. The smallest absolute Gasteiger partial charge is 0.328 e. The number of benzene rings is 2. The molecule has 180 valence electrons. The summed E-state index contributed by atoms with van der Waals surface area (Å²) < 4.78 is 10.9. The van der Waals surface area contributed by atoms with E-state index in [1.54, 1.807) is 55.5 Å². The summed E-state index contributed by atoms with van der Waals surface area (Å²) in [5, 5.41) is 18.0. The van der Waals surface area contributed by atoms with Gasteiger partial charge in [0.1, 0.15) is 23.7 Å². The number of hydrogen-bond donors (Lipinski definition) is 4. The summed E-state index contributed by atoms with van der Waals surface area (Å²) in [5.41, 5.74) is 7.23. The number of amidine groups is 2. The molecule has 1 aliphatic heterocycles. The molecule has 5 N–H and O–H groups in total. The molecule has 9 heteroatoms. The molecule has 0 saturated carbocycles. The van der Waals surface area contributed by atoms with Crippen molar-refractivity contribution in [2.45, 2.75) is 38.3 Å². The highest BCUT2D eigenvalue weighted by Crippen LogP contribution is 2.20. The van der Waals surface area contributed by atoms with Crippen LogP contribution in [0.2, 0.25) is 0 Å². The molecule has 0 aliphatic carbocycles. The number of amides is 1. The maximum Gasteiger partial charge on any atom is 0.328 e. The number of esters is 1. The summed E-state index contributed by atoms with van der Waals surface area (Å²) >= 11 is 0. The highest BCUT2D eigenvalue weighted by atomic mass is 16.5. The first-order chi connectivity index (χ1) is 16.3. The molecule has 9 nitrogen and oxygen atoms in total. The average molecular weight is 466 g/mol. The predicted octanol–water partition coefficient (Wildman–Crippen LogP) is 2.33. The van der Waals surface area contributed by atoms with Crippen molar-refractivity contribution in [1.29, 1.82) is 10.8 Å². The molecule has 2 aromatic carbocycles. The Morgan fingerprint density at radius 2 is 1.79 bits per heavy atom. The van der Waals surface area contributed by atoms with E-state index in [1.165, 1.54) is 7.11 Å². The van der Waals surface area contributed by atoms with Crippen LogP contribution in [0.15, 0.2) is 48.5 Å². The number of methoxy groups -OCH3 is 1. The minimum Gasteiger partial charge on any atom is -0.490 e. The van der Waals surface area contributed by atoms with Gasteiger partial charge in [0.25, 0.3) is 5.91 Å². The summed E-state index contributed by atoms with van der Waals surface area (Å²) in [6.45, 7) is 3.38. The lowest BCUT2D eigenvalue weighted by Crippen LogP contribution is -2.43. The number of likely N-dealkylation sites (tertiary alicyclic amines) is 1. The van der Waals surface area contributed by atoms with Gasteiger partial charge in [-0.15, -0.1) is 0 Å². The molecule has 1 unspecified atom stereocenters. The SMILES string of the molecule is COC(=O)C(Cc1cccc(C(=N)N)c1)NC(=O)c1ccc(OC2CCN(C(C)=N)CC2)cc1. The van der Waals surface area contributed by atoms with E-state index in [0.29, 0.717) is 22.7 Å². The van der Waals surface area contributed by atoms with Crippen LogP contribution in [0.5, 0.6) is 5.75 Å². The molecule has 1 fully saturated rings. The molecular formula is C25H31N5O4. The summed E-state index contributed by atoms with van der Waals surface area (Å²) in [6, 6.07) is 12.9. The fourth-order valence-corrected chi connectivity index (χ4v) is 3.87. The molecule has 0 radical (unpaired) electrons. The molecule has 1 aliphatic rings. The van der Waals surface area contributed by atoms with Gasteiger partial charge in [-0.2, -0.15) is 0 Å². The van der Waals surface area contributed by atoms with Gasteiger partial charge in [0.05, 0.1) is 12.9 Å². The second-order valence-electron chi connectivity index (χ2n) is 8.28. The number of piperidine rings is 1. The van der Waals surface area contributed by atoms with E-state index in [9.17, 15) is 9.59 Å². The Bertz CT molecular complexity index is 1050. The highest BCUT2D eigenvalue weighted by molar-refractivity contribution is 5.97. The second kappa shape index (κ2) is 11.3. The van der Waals surface area contributed by atoms with Crippen LogP contribution in [0, 0.1) is 10.8 Å². The Morgan fingerprint density at radius 1 is 1.12 bits per heavy atom. The normalized spacial score (nSPS) is 14.7. The van der Waals surface area contributed by atoms with Gasteiger partial charge in [-0.05, 0) is 42.8 Å². The van der Waals surface area contributed by atoms with Gasteiger partial charge in [0.15, 0.2) is 0 Å². The van der Waals surface area contributed by atoms with Crippen LogP contribution >= 0.6 is 0 Å². The minimum atomic E-state index is -0.891. The van der Waals surface area contributed by atoms with E-state index in [1.807, 2.05) is 4.90 Å². The zero-order valence-electron chi connectivity index (χ0n) is 19.5. The molecule has 1 heterocycles. The van der Waals surface area contributed by atoms with Crippen molar-refractivity contribution in [3.05, 3.63) is 65.2 Å². The maximum atomic E-state index is 12.8. The van der Waals surface area contributed by atoms with E-state index in [4.69, 9.17) is 26.0 Å². The average Bonchev–Trinajstić information content (AvgIpc) is 2.84. The van der Waals surface area contributed by atoms with Gasteiger partial charge in [0.2, 0.25) is 0 Å². The van der Waals surface area contributed by atoms with Crippen molar-refractivity contribution in [1.82, 2.24) is 10.2 Å². The number of hydrogen-bond acceptors (Lipinski definition) is 6. The van der Waals surface area contributed by atoms with Crippen LogP contribution in [0.25, 0.3) is 0 Å². The lowest BCUT2D eigenvalue weighted by molar-refractivity contribution is -0.142. The standard InChI is InChI=1S/C25H31N5O4/c1-16(26)30-12-10-21(11-13-30)34-20-8-6-18(7-9-20)24(31)29-22(25(32)33-2)15-17-4-3-5-19(14-17)23(27)28/h3-9,14,21-22,26H,10-13,15H2,1-2H3,(H3,27,28)(H,29,31). The largest absolute Gasteiger partial charge is 0.490 e. The molecule has 1 saturated heterocycles. The number of nitrogens with two attached hydrogens (primary N) is 1. The third-order valence-corrected chi connectivity index (χ3v) is 5.80. The molecule has 0 bridgehead atoms. The molecular weight excluding hydrogens is 434 g/mol. The van der Waals surface area contributed by atoms with E-state index in [-0.39, 0.29) is 18.4 Å². The van der Waals surface area contributed by atoms with Crippen LogP contribution in [-0.2, 0) is 16.0 Å². The zero-order chi connectivity index (χ0) is 24.7. The molecule has 0 spiro atoms. The van der Waals surface area contributed by atoms with Crippen LogP contribution < -0.4 is 15.8 Å². The van der Waals surface area contributed by atoms with Crippen LogP contribution in [0.3, 0.4) is 0 Å². The van der Waals surface area contributed by atoms with Gasteiger partial charge in [-0.25, -0.2) is 4.79 Å². The molecule has 1 atom stereocenters. The molecule has 1 amide bonds. The Kier molecular flexibility index (Phi) is 8.24. The Labute approximate surface area is 199 Å². The summed E-state index contributed by atoms with van der Waals surface area (Å²) in [7, 11) is 1.27. The number of carbonyl (C=O) groups is 2. The second-order valence-corrected chi connectivity index (χ2v) is 8.28. The lowest BCUT2D eigenvalue weighted by Gasteiger charge is -2.32. The van der Waals surface area contributed by atoms with Crippen molar-refractivity contribution in [3.8, 4) is 5.75 Å². The Hall–Kier alpha value is -3.88. The van der Waals surface area contributed by atoms with E-state index >= 15 is 0 Å². The summed E-state index contributed by atoms with van der Waals surface area (Å²) in [4.78, 5) is 27.1. The molecule has 34 heavy (non-hydrogen) atoms. The topological polar surface area (TPSA) is 142 Å². The van der Waals surface area contributed by atoms with E-state index < -0.39 is 17.9 Å². The predicted molar refractivity (Wildman–Crippen MR) is 129 cm³/mol. The fraction of sp³-hybridized carbons (Fsp3) is 0.360. The highest BCUT2D eigenvalue weighted by Gasteiger charge is 2.24. The summed E-state index contributed by atoms with van der Waals surface area (Å²) in [6.07, 6.45) is 1.95. The third-order valence-electron chi connectivity index (χ3n) is 5.80. The van der Waals surface area contributed by atoms with Gasteiger partial charge < -0.3 is 25.4 Å². The number of nitrogen functional groups attached to an aromatic ring is 1. The van der Waals surface area contributed by atoms with Crippen LogP contribution in [0.4, 0.5) is 0 Å². The third kappa shape index (κ3) is 6.57. The number of nitrogens with one attached hydrogen (secondary N) is 3. The lowest BCUT2D eigenvalue weighted by atomic mass is 10.0. The van der Waals surface area contributed by atoms with Crippen molar-refractivity contribution >= 4 is 23.5 Å². The van der Waals surface area contributed by atoms with Gasteiger partial charge in [0, 0.05) is 43.5 Å². The molecule has 2 aromatic rings. The number of carbonyl (C=O) groups excluding carboxylic acids is 2. The summed E-state index contributed by atoms with van der Waals surface area (Å²) in [5.74, 6) is 0.212. The van der Waals surface area contributed by atoms with Crippen molar-refractivity contribution in [2.24, 2.45) is 5.73 Å². The van der Waals surface area contributed by atoms with E-state index in [0.717, 1.165) is 31.5 Å². The fourth-order valence-electron chi connectivity index (χ4n) is 3.87. The first kappa shape index (κ1) is 24.8. The zero-order valence-corrected chi connectivity index (χ0v) is 19.5. The first-order valence-corrected chi connectivity index (χ1v) is 11.2. The molecule has 0 aromatic heterocycles. The van der Waals surface area contributed by atoms with Gasteiger partial charge in [-0.1, -0.05) is 18.2 Å². The Morgan fingerprint density at radius 3 is 2.38 bits per heavy atom. The van der Waals surface area contributed by atoms with Gasteiger partial charge in [-0.3, -0.25) is 15.6 Å². The Balaban J connectivity index is 1.61. The van der Waals surface area contributed by atoms with Crippen molar-refractivity contribution < 1.29 is 19.1 Å². The quantitative estimate of drug-likeness (QED) is 0.268. The maximum absolute atomic E-state index is 12.8. The first-order valence-electron chi connectivity index (χ1n) is 11.2. The van der Waals surface area contributed by atoms with Crippen LogP contribution in [0.1, 0.15) is 41.3 Å².